The number of rotatable bonds is 6. The average Bonchev–Trinajstić information content (AvgIpc) is 2.61. The van der Waals surface area contributed by atoms with Crippen LogP contribution in [0.25, 0.3) is 0 Å². The summed E-state index contributed by atoms with van der Waals surface area (Å²) < 4.78 is 5.21. The fourth-order valence-electron chi connectivity index (χ4n) is 2.24. The number of benzene rings is 2. The van der Waals surface area contributed by atoms with Crippen LogP contribution in [-0.2, 0) is 0 Å². The molecule has 2 aromatic rings. The molecule has 2 amide bonds. The topological polar surface area (TPSA) is 67.4 Å². The van der Waals surface area contributed by atoms with E-state index in [1.807, 2.05) is 13.8 Å². The minimum atomic E-state index is -0.400. The van der Waals surface area contributed by atoms with Crippen molar-refractivity contribution in [3.8, 4) is 5.75 Å². The molecule has 6 heteroatoms. The van der Waals surface area contributed by atoms with Crippen molar-refractivity contribution in [2.24, 2.45) is 0 Å². The van der Waals surface area contributed by atoms with Gasteiger partial charge >= 0.3 is 0 Å². The first-order valence-corrected chi connectivity index (χ1v) is 8.38. The van der Waals surface area contributed by atoms with Gasteiger partial charge in [0.2, 0.25) is 0 Å². The second-order valence-electron chi connectivity index (χ2n) is 5.63. The van der Waals surface area contributed by atoms with E-state index in [9.17, 15) is 9.59 Å². The molecule has 0 fully saturated rings. The van der Waals surface area contributed by atoms with Crippen LogP contribution in [0.2, 0.25) is 5.02 Å². The number of carbonyl (C=O) groups is 2. The Labute approximate surface area is 152 Å². The van der Waals surface area contributed by atoms with Gasteiger partial charge in [-0.1, -0.05) is 30.7 Å². The number of halogens is 1. The maximum atomic E-state index is 12.6. The maximum absolute atomic E-state index is 12.6. The molecule has 1 unspecified atom stereocenters. The van der Waals surface area contributed by atoms with E-state index in [4.69, 9.17) is 16.3 Å². The minimum absolute atomic E-state index is 0.0456. The highest BCUT2D eigenvalue weighted by Crippen LogP contribution is 2.24. The van der Waals surface area contributed by atoms with Crippen molar-refractivity contribution in [1.29, 1.82) is 0 Å². The van der Waals surface area contributed by atoms with Crippen LogP contribution >= 0.6 is 11.6 Å². The van der Waals surface area contributed by atoms with Crippen molar-refractivity contribution in [2.75, 3.05) is 12.4 Å². The molecular weight excluding hydrogens is 340 g/mol. The van der Waals surface area contributed by atoms with E-state index in [0.717, 1.165) is 6.42 Å². The van der Waals surface area contributed by atoms with Gasteiger partial charge in [-0.25, -0.2) is 0 Å². The second-order valence-corrected chi connectivity index (χ2v) is 6.06. The first-order valence-electron chi connectivity index (χ1n) is 8.01. The van der Waals surface area contributed by atoms with Gasteiger partial charge in [-0.3, -0.25) is 9.59 Å². The molecule has 0 saturated heterocycles. The number of para-hydroxylation sites is 1. The third kappa shape index (κ3) is 4.73. The fraction of sp³-hybridized carbons (Fsp3) is 0.263. The molecular formula is C19H21ClN2O3. The Bertz CT molecular complexity index is 777. The van der Waals surface area contributed by atoms with Crippen molar-refractivity contribution < 1.29 is 14.3 Å². The molecule has 0 saturated carbocycles. The van der Waals surface area contributed by atoms with Gasteiger partial charge in [0.25, 0.3) is 11.8 Å². The van der Waals surface area contributed by atoms with Crippen LogP contribution in [0.4, 0.5) is 5.69 Å². The van der Waals surface area contributed by atoms with E-state index in [-0.39, 0.29) is 11.9 Å². The molecule has 0 aliphatic carbocycles. The molecule has 2 rings (SSSR count). The van der Waals surface area contributed by atoms with E-state index in [2.05, 4.69) is 10.6 Å². The van der Waals surface area contributed by atoms with E-state index < -0.39 is 5.91 Å². The summed E-state index contributed by atoms with van der Waals surface area (Å²) in [5.74, 6) is -0.227. The summed E-state index contributed by atoms with van der Waals surface area (Å²) in [5.41, 5.74) is 1.12. The Hall–Kier alpha value is -2.53. The van der Waals surface area contributed by atoms with Gasteiger partial charge in [0.05, 0.1) is 23.9 Å². The molecule has 132 valence electrons. The zero-order valence-electron chi connectivity index (χ0n) is 14.4. The number of carbonyl (C=O) groups excluding carboxylic acids is 2. The fourth-order valence-corrected chi connectivity index (χ4v) is 2.41. The molecule has 0 aliphatic rings. The summed E-state index contributed by atoms with van der Waals surface area (Å²) in [4.78, 5) is 25.0. The smallest absolute Gasteiger partial charge is 0.259 e. The lowest BCUT2D eigenvalue weighted by Crippen LogP contribution is -2.32. The van der Waals surface area contributed by atoms with E-state index in [0.29, 0.717) is 27.6 Å². The number of hydrogen-bond donors (Lipinski definition) is 2. The third-order valence-corrected chi connectivity index (χ3v) is 4.05. The third-order valence-electron chi connectivity index (χ3n) is 3.82. The van der Waals surface area contributed by atoms with Crippen molar-refractivity contribution >= 4 is 29.1 Å². The van der Waals surface area contributed by atoms with Crippen LogP contribution in [0.5, 0.6) is 5.75 Å². The molecule has 5 nitrogen and oxygen atoms in total. The zero-order valence-corrected chi connectivity index (χ0v) is 15.2. The Morgan fingerprint density at radius 3 is 2.52 bits per heavy atom. The molecule has 2 aromatic carbocycles. The zero-order chi connectivity index (χ0) is 18.4. The predicted molar refractivity (Wildman–Crippen MR) is 99.6 cm³/mol. The minimum Gasteiger partial charge on any atom is -0.496 e. The quantitative estimate of drug-likeness (QED) is 0.813. The summed E-state index contributed by atoms with van der Waals surface area (Å²) in [6.07, 6.45) is 0.819. The largest absolute Gasteiger partial charge is 0.496 e. The second kappa shape index (κ2) is 8.53. The molecule has 0 heterocycles. The summed E-state index contributed by atoms with van der Waals surface area (Å²) in [6, 6.07) is 11.7. The highest BCUT2D eigenvalue weighted by atomic mass is 35.5. The first-order chi connectivity index (χ1) is 12.0. The summed E-state index contributed by atoms with van der Waals surface area (Å²) in [5, 5.41) is 6.08. The SMILES string of the molecule is CCC(C)NC(=O)c1ccccc1NC(=O)c1cc(Cl)ccc1OC. The molecule has 0 radical (unpaired) electrons. The number of hydrogen-bond acceptors (Lipinski definition) is 3. The molecule has 0 bridgehead atoms. The van der Waals surface area contributed by atoms with Crippen molar-refractivity contribution in [3.63, 3.8) is 0 Å². The first kappa shape index (κ1) is 18.8. The Balaban J connectivity index is 2.28. The number of anilines is 1. The highest BCUT2D eigenvalue weighted by Gasteiger charge is 2.17. The summed E-state index contributed by atoms with van der Waals surface area (Å²) in [6.45, 7) is 3.92. The van der Waals surface area contributed by atoms with Crippen LogP contribution in [-0.4, -0.2) is 25.0 Å². The van der Waals surface area contributed by atoms with Crippen molar-refractivity contribution in [3.05, 3.63) is 58.6 Å². The molecule has 25 heavy (non-hydrogen) atoms. The van der Waals surface area contributed by atoms with Gasteiger partial charge in [-0.2, -0.15) is 0 Å². The number of amides is 2. The van der Waals surface area contributed by atoms with Crippen LogP contribution in [0.15, 0.2) is 42.5 Å². The molecule has 0 aliphatic heterocycles. The number of methoxy groups -OCH3 is 1. The summed E-state index contributed by atoms with van der Waals surface area (Å²) in [7, 11) is 1.48. The van der Waals surface area contributed by atoms with Crippen LogP contribution in [0.3, 0.4) is 0 Å². The lowest BCUT2D eigenvalue weighted by molar-refractivity contribution is 0.0940. The van der Waals surface area contributed by atoms with Crippen molar-refractivity contribution in [2.45, 2.75) is 26.3 Å². The van der Waals surface area contributed by atoms with Crippen LogP contribution in [0.1, 0.15) is 41.0 Å². The van der Waals surface area contributed by atoms with Gasteiger partial charge < -0.3 is 15.4 Å². The molecule has 1 atom stereocenters. The average molecular weight is 361 g/mol. The molecule has 0 spiro atoms. The van der Waals surface area contributed by atoms with Crippen LogP contribution < -0.4 is 15.4 Å². The normalized spacial score (nSPS) is 11.5. The summed E-state index contributed by atoms with van der Waals surface area (Å²) >= 11 is 5.98. The van der Waals surface area contributed by atoms with Crippen molar-refractivity contribution in [1.82, 2.24) is 5.32 Å². The van der Waals surface area contributed by atoms with Gasteiger partial charge in [0.1, 0.15) is 5.75 Å². The highest BCUT2D eigenvalue weighted by molar-refractivity contribution is 6.31. The number of ether oxygens (including phenoxy) is 1. The molecule has 0 aromatic heterocycles. The Morgan fingerprint density at radius 2 is 1.84 bits per heavy atom. The molecule has 2 N–H and O–H groups in total. The van der Waals surface area contributed by atoms with Crippen LogP contribution in [0, 0.1) is 0 Å². The maximum Gasteiger partial charge on any atom is 0.259 e. The van der Waals surface area contributed by atoms with E-state index in [1.165, 1.54) is 13.2 Å². The Morgan fingerprint density at radius 1 is 1.12 bits per heavy atom. The van der Waals surface area contributed by atoms with Gasteiger partial charge in [-0.05, 0) is 43.7 Å². The van der Waals surface area contributed by atoms with E-state index >= 15 is 0 Å². The van der Waals surface area contributed by atoms with Gasteiger partial charge in [0.15, 0.2) is 0 Å². The van der Waals surface area contributed by atoms with Gasteiger partial charge in [0, 0.05) is 11.1 Å². The van der Waals surface area contributed by atoms with Gasteiger partial charge in [-0.15, -0.1) is 0 Å². The van der Waals surface area contributed by atoms with E-state index in [1.54, 1.807) is 36.4 Å². The lowest BCUT2D eigenvalue weighted by Gasteiger charge is -2.15. The lowest BCUT2D eigenvalue weighted by atomic mass is 10.1. The monoisotopic (exact) mass is 360 g/mol. The Kier molecular flexibility index (Phi) is 6.42. The predicted octanol–water partition coefficient (Wildman–Crippen LogP) is 4.13. The number of nitrogens with one attached hydrogen (secondary N) is 2. The standard InChI is InChI=1S/C19H21ClN2O3/c1-4-12(2)21-18(23)14-7-5-6-8-16(14)22-19(24)15-11-13(20)9-10-17(15)25-3/h5-12H,4H2,1-3H3,(H,21,23)(H,22,24).